The van der Waals surface area contributed by atoms with Gasteiger partial charge in [-0.1, -0.05) is 0 Å². The number of aliphatic carboxylic acids is 1. The molecule has 0 saturated carbocycles. The summed E-state index contributed by atoms with van der Waals surface area (Å²) in [4.78, 5) is 11.0. The molecule has 0 aromatic heterocycles. The molecule has 1 aromatic carbocycles. The van der Waals surface area contributed by atoms with Gasteiger partial charge in [-0.25, -0.2) is 0 Å². The summed E-state index contributed by atoms with van der Waals surface area (Å²) in [6.07, 6.45) is 0.433. The van der Waals surface area contributed by atoms with Gasteiger partial charge in [-0.2, -0.15) is 0 Å². The largest absolute Gasteiger partial charge is 0.507 e. The van der Waals surface area contributed by atoms with E-state index in [1.165, 1.54) is 0 Å². The number of carbonyl (C=O) groups is 1. The summed E-state index contributed by atoms with van der Waals surface area (Å²) in [5.41, 5.74) is 0.598. The van der Waals surface area contributed by atoms with Gasteiger partial charge in [-0.05, 0) is 18.6 Å². The summed E-state index contributed by atoms with van der Waals surface area (Å²) in [5.74, 6) is -0.0385. The lowest BCUT2D eigenvalue weighted by Crippen LogP contribution is -2.20. The van der Waals surface area contributed by atoms with Crippen LogP contribution in [0.1, 0.15) is 18.0 Å². The van der Waals surface area contributed by atoms with Gasteiger partial charge in [0.2, 0.25) is 0 Å². The maximum absolute atomic E-state index is 11.0. The van der Waals surface area contributed by atoms with Gasteiger partial charge in [0.15, 0.2) is 11.5 Å². The van der Waals surface area contributed by atoms with Crippen LogP contribution in [-0.2, 0) is 4.79 Å². The van der Waals surface area contributed by atoms with Crippen molar-refractivity contribution < 1.29 is 24.5 Å². The van der Waals surface area contributed by atoms with Crippen molar-refractivity contribution in [2.75, 3.05) is 19.8 Å². The van der Waals surface area contributed by atoms with E-state index in [-0.39, 0.29) is 11.8 Å². The van der Waals surface area contributed by atoms with Crippen molar-refractivity contribution in [2.24, 2.45) is 5.92 Å². The SMILES string of the molecule is O=C(O)C1CNC(c2c(O)ccc3c2OCCO3)C1. The normalized spacial score (nSPS) is 25.3. The lowest BCUT2D eigenvalue weighted by molar-refractivity contribution is -0.141. The number of aromatic hydroxyl groups is 1. The Morgan fingerprint density at radius 2 is 2.11 bits per heavy atom. The number of rotatable bonds is 2. The Balaban J connectivity index is 1.94. The van der Waals surface area contributed by atoms with Crippen LogP contribution in [0.25, 0.3) is 0 Å². The first-order valence-electron chi connectivity index (χ1n) is 6.24. The number of phenolic OH excluding ortho intramolecular Hbond substituents is 1. The van der Waals surface area contributed by atoms with Crippen LogP contribution in [-0.4, -0.2) is 35.9 Å². The molecule has 0 amide bonds. The van der Waals surface area contributed by atoms with E-state index in [4.69, 9.17) is 14.6 Å². The van der Waals surface area contributed by atoms with E-state index in [0.717, 1.165) is 0 Å². The monoisotopic (exact) mass is 265 g/mol. The third kappa shape index (κ3) is 2.08. The van der Waals surface area contributed by atoms with Crippen molar-refractivity contribution in [1.82, 2.24) is 5.32 Å². The van der Waals surface area contributed by atoms with Crippen molar-refractivity contribution in [3.05, 3.63) is 17.7 Å². The van der Waals surface area contributed by atoms with Gasteiger partial charge in [0.05, 0.1) is 11.5 Å². The molecule has 1 fully saturated rings. The van der Waals surface area contributed by atoms with Crippen LogP contribution in [0.2, 0.25) is 0 Å². The molecule has 3 N–H and O–H groups in total. The zero-order valence-electron chi connectivity index (χ0n) is 10.3. The van der Waals surface area contributed by atoms with Crippen LogP contribution >= 0.6 is 0 Å². The van der Waals surface area contributed by atoms with Crippen LogP contribution in [0.4, 0.5) is 0 Å². The van der Waals surface area contributed by atoms with Crippen molar-refractivity contribution >= 4 is 5.97 Å². The molecule has 0 aliphatic carbocycles. The minimum absolute atomic E-state index is 0.104. The molecule has 1 aromatic rings. The maximum atomic E-state index is 11.0. The van der Waals surface area contributed by atoms with Gasteiger partial charge in [0.25, 0.3) is 0 Å². The third-order valence-electron chi connectivity index (χ3n) is 3.55. The zero-order chi connectivity index (χ0) is 13.4. The topological polar surface area (TPSA) is 88.0 Å². The van der Waals surface area contributed by atoms with Crippen LogP contribution in [0.3, 0.4) is 0 Å². The van der Waals surface area contributed by atoms with Crippen LogP contribution in [0.15, 0.2) is 12.1 Å². The van der Waals surface area contributed by atoms with Crippen LogP contribution in [0, 0.1) is 5.92 Å². The molecule has 19 heavy (non-hydrogen) atoms. The van der Waals surface area contributed by atoms with E-state index < -0.39 is 11.9 Å². The predicted octanol–water partition coefficient (Wildman–Crippen LogP) is 0.899. The zero-order valence-corrected chi connectivity index (χ0v) is 10.3. The second kappa shape index (κ2) is 4.62. The van der Waals surface area contributed by atoms with E-state index in [2.05, 4.69) is 5.32 Å². The summed E-state index contributed by atoms with van der Waals surface area (Å²) >= 11 is 0. The first-order valence-corrected chi connectivity index (χ1v) is 6.24. The van der Waals surface area contributed by atoms with Crippen LogP contribution < -0.4 is 14.8 Å². The molecule has 2 atom stereocenters. The van der Waals surface area contributed by atoms with E-state index in [9.17, 15) is 9.90 Å². The smallest absolute Gasteiger partial charge is 0.307 e. The van der Waals surface area contributed by atoms with E-state index in [1.54, 1.807) is 12.1 Å². The molecular weight excluding hydrogens is 250 g/mol. The fourth-order valence-corrected chi connectivity index (χ4v) is 2.61. The number of benzene rings is 1. The minimum atomic E-state index is -0.823. The van der Waals surface area contributed by atoms with Crippen molar-refractivity contribution in [3.8, 4) is 17.2 Å². The molecule has 3 rings (SSSR count). The Kier molecular flexibility index (Phi) is 2.94. The summed E-state index contributed by atoms with van der Waals surface area (Å²) in [6.45, 7) is 1.30. The number of carboxylic acid groups (broad SMARTS) is 1. The highest BCUT2D eigenvalue weighted by atomic mass is 16.6. The highest BCUT2D eigenvalue weighted by Gasteiger charge is 2.34. The molecular formula is C13H15NO5. The maximum Gasteiger partial charge on any atom is 0.307 e. The van der Waals surface area contributed by atoms with Crippen molar-refractivity contribution in [2.45, 2.75) is 12.5 Å². The average molecular weight is 265 g/mol. The Morgan fingerprint density at radius 1 is 1.32 bits per heavy atom. The fourth-order valence-electron chi connectivity index (χ4n) is 2.61. The predicted molar refractivity (Wildman–Crippen MR) is 65.6 cm³/mol. The Morgan fingerprint density at radius 3 is 2.84 bits per heavy atom. The first kappa shape index (κ1) is 12.1. The standard InChI is InChI=1S/C13H15NO5/c15-9-1-2-10-12(19-4-3-18-10)11(9)8-5-7(6-14-8)13(16)17/h1-2,7-8,14-15H,3-6H2,(H,16,17). The van der Waals surface area contributed by atoms with Crippen molar-refractivity contribution in [1.29, 1.82) is 0 Å². The molecule has 6 nitrogen and oxygen atoms in total. The Bertz CT molecular complexity index is 516. The number of ether oxygens (including phenoxy) is 2. The fraction of sp³-hybridized carbons (Fsp3) is 0.462. The Labute approximate surface area is 110 Å². The second-order valence-electron chi connectivity index (χ2n) is 4.75. The lowest BCUT2D eigenvalue weighted by atomic mass is 9.98. The summed E-state index contributed by atoms with van der Waals surface area (Å²) in [5, 5.41) is 22.2. The summed E-state index contributed by atoms with van der Waals surface area (Å²) < 4.78 is 11.0. The van der Waals surface area contributed by atoms with Gasteiger partial charge in [0.1, 0.15) is 19.0 Å². The number of carboxylic acids is 1. The molecule has 0 radical (unpaired) electrons. The van der Waals surface area contributed by atoms with Gasteiger partial charge >= 0.3 is 5.97 Å². The van der Waals surface area contributed by atoms with Gasteiger partial charge in [0, 0.05) is 12.6 Å². The summed E-state index contributed by atoms with van der Waals surface area (Å²) in [7, 11) is 0. The molecule has 6 heteroatoms. The number of hydrogen-bond acceptors (Lipinski definition) is 5. The number of phenols is 1. The second-order valence-corrected chi connectivity index (χ2v) is 4.75. The molecule has 102 valence electrons. The number of hydrogen-bond donors (Lipinski definition) is 3. The quantitative estimate of drug-likeness (QED) is 0.736. The molecule has 2 aliphatic rings. The van der Waals surface area contributed by atoms with Crippen molar-refractivity contribution in [3.63, 3.8) is 0 Å². The minimum Gasteiger partial charge on any atom is -0.507 e. The van der Waals surface area contributed by atoms with Gasteiger partial charge in [-0.15, -0.1) is 0 Å². The highest BCUT2D eigenvalue weighted by Crippen LogP contribution is 2.45. The van der Waals surface area contributed by atoms with E-state index in [1.807, 2.05) is 0 Å². The molecule has 0 spiro atoms. The lowest BCUT2D eigenvalue weighted by Gasteiger charge is -2.24. The molecule has 2 aliphatic heterocycles. The van der Waals surface area contributed by atoms with E-state index >= 15 is 0 Å². The van der Waals surface area contributed by atoms with E-state index in [0.29, 0.717) is 43.2 Å². The van der Waals surface area contributed by atoms with Gasteiger partial charge in [-0.3, -0.25) is 4.79 Å². The molecule has 2 unspecified atom stereocenters. The Hall–Kier alpha value is -1.95. The number of nitrogens with one attached hydrogen (secondary N) is 1. The summed E-state index contributed by atoms with van der Waals surface area (Å²) in [6, 6.07) is 2.99. The number of fused-ring (bicyclic) bond motifs is 1. The van der Waals surface area contributed by atoms with Crippen LogP contribution in [0.5, 0.6) is 17.2 Å². The average Bonchev–Trinajstić information content (AvgIpc) is 2.88. The highest BCUT2D eigenvalue weighted by molar-refractivity contribution is 5.71. The van der Waals surface area contributed by atoms with Gasteiger partial charge < -0.3 is 25.0 Å². The first-order chi connectivity index (χ1) is 9.16. The molecule has 0 bridgehead atoms. The molecule has 1 saturated heterocycles. The third-order valence-corrected chi connectivity index (χ3v) is 3.55. The molecule has 2 heterocycles.